The Morgan fingerprint density at radius 3 is 2.74 bits per heavy atom. The maximum absolute atomic E-state index is 9.53. The van der Waals surface area contributed by atoms with E-state index >= 15 is 0 Å². The summed E-state index contributed by atoms with van der Waals surface area (Å²) in [5.74, 6) is 2.48. The molecule has 2 heterocycles. The average Bonchev–Trinajstić information content (AvgIpc) is 3.16. The monoisotopic (exact) mass is 341 g/mol. The van der Waals surface area contributed by atoms with Crippen LogP contribution in [0.3, 0.4) is 0 Å². The number of nitrogens with one attached hydrogen (secondary N) is 1. The molecule has 0 aliphatic carbocycles. The van der Waals surface area contributed by atoms with Gasteiger partial charge >= 0.3 is 0 Å². The second-order valence-corrected chi connectivity index (χ2v) is 5.27. The molecule has 3 rings (SSSR count). The van der Waals surface area contributed by atoms with E-state index in [1.165, 1.54) is 0 Å². The highest BCUT2D eigenvalue weighted by molar-refractivity contribution is 5.85. The molecule has 0 spiro atoms. The van der Waals surface area contributed by atoms with Crippen molar-refractivity contribution in [2.45, 2.75) is 25.0 Å². The van der Waals surface area contributed by atoms with E-state index in [0.29, 0.717) is 42.6 Å². The molecule has 0 amide bonds. The van der Waals surface area contributed by atoms with Gasteiger partial charge in [-0.05, 0) is 24.1 Å². The minimum atomic E-state index is -0.355. The summed E-state index contributed by atoms with van der Waals surface area (Å²) in [6.07, 6.45) is 0.781. The number of aliphatic hydroxyl groups is 1. The molecule has 1 fully saturated rings. The second kappa shape index (κ2) is 7.63. The Hall–Kier alpha value is -1.83. The van der Waals surface area contributed by atoms with Gasteiger partial charge in [-0.3, -0.25) is 0 Å². The van der Waals surface area contributed by atoms with Crippen LogP contribution in [-0.2, 0) is 6.42 Å². The Labute approximate surface area is 140 Å². The Balaban J connectivity index is 0.00000192. The number of hydrogen-bond donors (Lipinski definition) is 2. The predicted octanol–water partition coefficient (Wildman–Crippen LogP) is 1.49. The first-order chi connectivity index (χ1) is 10.7. The van der Waals surface area contributed by atoms with Crippen LogP contribution in [0.5, 0.6) is 11.5 Å². The number of nitrogens with zero attached hydrogens (tertiary/aromatic N) is 2. The smallest absolute Gasteiger partial charge is 0.243 e. The zero-order chi connectivity index (χ0) is 15.5. The lowest BCUT2D eigenvalue weighted by molar-refractivity contribution is 0.191. The third-order valence-electron chi connectivity index (χ3n) is 3.70. The quantitative estimate of drug-likeness (QED) is 0.851. The molecule has 2 atom stereocenters. The Morgan fingerprint density at radius 1 is 1.30 bits per heavy atom. The van der Waals surface area contributed by atoms with Gasteiger partial charge in [0, 0.05) is 13.0 Å². The molecule has 2 aromatic rings. The summed E-state index contributed by atoms with van der Waals surface area (Å²) >= 11 is 0. The molecule has 0 bridgehead atoms. The lowest BCUT2D eigenvalue weighted by Crippen LogP contribution is -2.15. The molecule has 0 radical (unpaired) electrons. The molecule has 23 heavy (non-hydrogen) atoms. The highest BCUT2D eigenvalue weighted by Gasteiger charge is 2.28. The number of methoxy groups -OCH3 is 2. The molecule has 1 aromatic carbocycles. The summed E-state index contributed by atoms with van der Waals surface area (Å²) in [7, 11) is 3.21. The molecule has 2 N–H and O–H groups in total. The number of halogens is 1. The van der Waals surface area contributed by atoms with Crippen LogP contribution in [-0.4, -0.2) is 42.1 Å². The van der Waals surface area contributed by atoms with Crippen molar-refractivity contribution in [3.8, 4) is 11.5 Å². The number of aliphatic hydroxyl groups excluding tert-OH is 1. The van der Waals surface area contributed by atoms with E-state index in [2.05, 4.69) is 15.5 Å². The van der Waals surface area contributed by atoms with Crippen LogP contribution in [0, 0.1) is 0 Å². The molecule has 1 aliphatic heterocycles. The molecule has 8 heteroatoms. The first-order valence-corrected chi connectivity index (χ1v) is 7.14. The fourth-order valence-corrected chi connectivity index (χ4v) is 2.56. The van der Waals surface area contributed by atoms with Crippen molar-refractivity contribution in [1.82, 2.24) is 15.5 Å². The van der Waals surface area contributed by atoms with E-state index in [-0.39, 0.29) is 24.6 Å². The van der Waals surface area contributed by atoms with E-state index < -0.39 is 0 Å². The van der Waals surface area contributed by atoms with Gasteiger partial charge in [0.2, 0.25) is 5.89 Å². The summed E-state index contributed by atoms with van der Waals surface area (Å²) in [6, 6.07) is 5.62. The van der Waals surface area contributed by atoms with Gasteiger partial charge in [0.1, 0.15) is 0 Å². The van der Waals surface area contributed by atoms with Crippen LogP contribution in [0.2, 0.25) is 0 Å². The average molecular weight is 342 g/mol. The van der Waals surface area contributed by atoms with Crippen molar-refractivity contribution in [3.05, 3.63) is 35.5 Å². The number of aromatic nitrogens is 2. The predicted molar refractivity (Wildman–Crippen MR) is 85.3 cm³/mol. The van der Waals surface area contributed by atoms with E-state index in [0.717, 1.165) is 5.56 Å². The van der Waals surface area contributed by atoms with Gasteiger partial charge in [0.25, 0.3) is 0 Å². The summed E-state index contributed by atoms with van der Waals surface area (Å²) in [5, 5.41) is 16.7. The second-order valence-electron chi connectivity index (χ2n) is 5.27. The zero-order valence-electron chi connectivity index (χ0n) is 13.0. The first kappa shape index (κ1) is 17.5. The summed E-state index contributed by atoms with van der Waals surface area (Å²) in [6.45, 7) is 0.554. The van der Waals surface area contributed by atoms with Gasteiger partial charge in [0.05, 0.1) is 26.4 Å². The highest BCUT2D eigenvalue weighted by atomic mass is 35.5. The number of benzene rings is 1. The molecule has 7 nitrogen and oxygen atoms in total. The lowest BCUT2D eigenvalue weighted by Gasteiger charge is -2.08. The fraction of sp³-hybridized carbons (Fsp3) is 0.467. The summed E-state index contributed by atoms with van der Waals surface area (Å²) in [5.41, 5.74) is 1.00. The summed E-state index contributed by atoms with van der Waals surface area (Å²) in [4.78, 5) is 4.40. The van der Waals surface area contributed by atoms with Gasteiger partial charge in [0.15, 0.2) is 17.3 Å². The maximum Gasteiger partial charge on any atom is 0.243 e. The van der Waals surface area contributed by atoms with Crippen molar-refractivity contribution in [2.24, 2.45) is 0 Å². The van der Waals surface area contributed by atoms with Crippen molar-refractivity contribution < 1.29 is 19.1 Å². The van der Waals surface area contributed by atoms with Gasteiger partial charge in [-0.2, -0.15) is 4.98 Å². The highest BCUT2D eigenvalue weighted by Crippen LogP contribution is 2.28. The van der Waals surface area contributed by atoms with Gasteiger partial charge in [-0.15, -0.1) is 12.4 Å². The SMILES string of the molecule is COc1ccc(Cc2noc([C@H]3C[C@@H](O)CN3)n2)cc1OC.Cl. The molecule has 1 saturated heterocycles. The number of rotatable bonds is 5. The van der Waals surface area contributed by atoms with Gasteiger partial charge < -0.3 is 24.4 Å². The molecule has 126 valence electrons. The van der Waals surface area contributed by atoms with Crippen molar-refractivity contribution in [2.75, 3.05) is 20.8 Å². The molecular formula is C15H20ClN3O4. The number of ether oxygens (including phenoxy) is 2. The zero-order valence-corrected chi connectivity index (χ0v) is 13.8. The Bertz CT molecular complexity index is 649. The molecular weight excluding hydrogens is 322 g/mol. The third kappa shape index (κ3) is 3.93. The molecule has 1 aromatic heterocycles. The first-order valence-electron chi connectivity index (χ1n) is 7.14. The van der Waals surface area contributed by atoms with Crippen LogP contribution in [0.4, 0.5) is 0 Å². The van der Waals surface area contributed by atoms with Crippen molar-refractivity contribution >= 4 is 12.4 Å². The van der Waals surface area contributed by atoms with E-state index in [9.17, 15) is 5.11 Å². The van der Waals surface area contributed by atoms with Crippen LogP contribution < -0.4 is 14.8 Å². The topological polar surface area (TPSA) is 89.6 Å². The fourth-order valence-electron chi connectivity index (χ4n) is 2.56. The third-order valence-corrected chi connectivity index (χ3v) is 3.70. The van der Waals surface area contributed by atoms with Crippen LogP contribution in [0.15, 0.2) is 22.7 Å². The van der Waals surface area contributed by atoms with Crippen LogP contribution >= 0.6 is 12.4 Å². The molecule has 0 unspecified atom stereocenters. The van der Waals surface area contributed by atoms with Crippen molar-refractivity contribution in [1.29, 1.82) is 0 Å². The normalized spacial score (nSPS) is 20.1. The number of β-amino-alcohol motifs (C(OH)–C–C–N with tert-alkyl or cyclic N) is 1. The largest absolute Gasteiger partial charge is 0.493 e. The summed E-state index contributed by atoms with van der Waals surface area (Å²) < 4.78 is 15.8. The van der Waals surface area contributed by atoms with E-state index in [1.54, 1.807) is 14.2 Å². The van der Waals surface area contributed by atoms with Gasteiger partial charge in [-0.25, -0.2) is 0 Å². The standard InChI is InChI=1S/C15H19N3O4.ClH/c1-20-12-4-3-9(5-13(12)21-2)6-14-17-15(22-18-14)11-7-10(19)8-16-11;/h3-5,10-11,16,19H,6-8H2,1-2H3;1H/t10-,11-;/m1./s1. The Kier molecular flexibility index (Phi) is 5.81. The number of hydrogen-bond acceptors (Lipinski definition) is 7. The Morgan fingerprint density at radius 2 is 2.09 bits per heavy atom. The van der Waals surface area contributed by atoms with E-state index in [4.69, 9.17) is 14.0 Å². The van der Waals surface area contributed by atoms with Gasteiger partial charge in [-0.1, -0.05) is 11.2 Å². The maximum atomic E-state index is 9.53. The minimum Gasteiger partial charge on any atom is -0.493 e. The minimum absolute atomic E-state index is 0. The van der Waals surface area contributed by atoms with Crippen LogP contribution in [0.25, 0.3) is 0 Å². The molecule has 0 saturated carbocycles. The van der Waals surface area contributed by atoms with Crippen molar-refractivity contribution in [3.63, 3.8) is 0 Å². The lowest BCUT2D eigenvalue weighted by atomic mass is 10.1. The van der Waals surface area contributed by atoms with Crippen LogP contribution in [0.1, 0.15) is 29.7 Å². The molecule has 1 aliphatic rings. The van der Waals surface area contributed by atoms with E-state index in [1.807, 2.05) is 18.2 Å².